The predicted octanol–water partition coefficient (Wildman–Crippen LogP) is 2.84. The Balaban J connectivity index is 1.74. The highest BCUT2D eigenvalue weighted by Crippen LogP contribution is 2.34. The van der Waals surface area contributed by atoms with E-state index in [0.29, 0.717) is 5.92 Å². The molecule has 1 amide bonds. The van der Waals surface area contributed by atoms with Gasteiger partial charge in [-0.05, 0) is 54.0 Å². The summed E-state index contributed by atoms with van der Waals surface area (Å²) >= 11 is 0. The van der Waals surface area contributed by atoms with E-state index in [1.807, 2.05) is 11.0 Å². The van der Waals surface area contributed by atoms with Crippen LogP contribution in [0, 0.1) is 11.3 Å². The quantitative estimate of drug-likeness (QED) is 0.861. The summed E-state index contributed by atoms with van der Waals surface area (Å²) in [5.41, 5.74) is 3.82. The Kier molecular flexibility index (Phi) is 3.78. The first-order valence-electron chi connectivity index (χ1n) is 8.07. The van der Waals surface area contributed by atoms with Crippen LogP contribution >= 0.6 is 0 Å². The number of carbonyl (C=O) groups excluding carboxylic acids is 1. The highest BCUT2D eigenvalue weighted by molar-refractivity contribution is 5.94. The molecule has 1 aromatic rings. The van der Waals surface area contributed by atoms with E-state index in [0.717, 1.165) is 44.6 Å². The van der Waals surface area contributed by atoms with Crippen molar-refractivity contribution in [2.24, 2.45) is 11.3 Å². The third-order valence-corrected chi connectivity index (χ3v) is 5.04. The van der Waals surface area contributed by atoms with Gasteiger partial charge >= 0.3 is 0 Å². The van der Waals surface area contributed by atoms with Crippen LogP contribution in [0.4, 0.5) is 0 Å². The van der Waals surface area contributed by atoms with Gasteiger partial charge in [0.05, 0.1) is 0 Å². The molecule has 21 heavy (non-hydrogen) atoms. The average Bonchev–Trinajstić information content (AvgIpc) is 2.96. The molecule has 0 aliphatic carbocycles. The summed E-state index contributed by atoms with van der Waals surface area (Å²) in [6, 6.07) is 6.24. The SMILES string of the molecule is CC(C)(C)C1CCN(C(=O)c2ccc3c(c2)CNCC3)C1. The molecular formula is C18H26N2O. The first-order valence-corrected chi connectivity index (χ1v) is 8.07. The molecule has 1 fully saturated rings. The molecule has 0 bridgehead atoms. The van der Waals surface area contributed by atoms with E-state index < -0.39 is 0 Å². The number of amides is 1. The topological polar surface area (TPSA) is 32.3 Å². The number of rotatable bonds is 1. The van der Waals surface area contributed by atoms with Crippen molar-refractivity contribution in [3.05, 3.63) is 34.9 Å². The lowest BCUT2D eigenvalue weighted by Gasteiger charge is -2.27. The molecule has 3 nitrogen and oxygen atoms in total. The first kappa shape index (κ1) is 14.6. The van der Waals surface area contributed by atoms with Gasteiger partial charge in [-0.2, -0.15) is 0 Å². The van der Waals surface area contributed by atoms with Crippen molar-refractivity contribution in [3.63, 3.8) is 0 Å². The third kappa shape index (κ3) is 2.98. The van der Waals surface area contributed by atoms with Gasteiger partial charge in [-0.15, -0.1) is 0 Å². The molecular weight excluding hydrogens is 260 g/mol. The van der Waals surface area contributed by atoms with Crippen molar-refractivity contribution >= 4 is 5.91 Å². The van der Waals surface area contributed by atoms with Gasteiger partial charge in [0.15, 0.2) is 0 Å². The molecule has 1 unspecified atom stereocenters. The number of carbonyl (C=O) groups is 1. The van der Waals surface area contributed by atoms with Crippen LogP contribution < -0.4 is 5.32 Å². The fourth-order valence-electron chi connectivity index (χ4n) is 3.45. The second-order valence-electron chi connectivity index (χ2n) is 7.51. The predicted molar refractivity (Wildman–Crippen MR) is 85.3 cm³/mol. The van der Waals surface area contributed by atoms with Gasteiger partial charge in [-0.25, -0.2) is 0 Å². The highest BCUT2D eigenvalue weighted by atomic mass is 16.2. The van der Waals surface area contributed by atoms with Crippen molar-refractivity contribution < 1.29 is 4.79 Å². The van der Waals surface area contributed by atoms with E-state index in [2.05, 4.69) is 38.2 Å². The standard InChI is InChI=1S/C18H26N2O/c1-18(2,3)16-7-9-20(12-16)17(21)14-5-4-13-6-8-19-11-15(13)10-14/h4-5,10,16,19H,6-9,11-12H2,1-3H3. The molecule has 0 saturated carbocycles. The van der Waals surface area contributed by atoms with Crippen LogP contribution in [0.25, 0.3) is 0 Å². The maximum absolute atomic E-state index is 12.7. The summed E-state index contributed by atoms with van der Waals surface area (Å²) in [4.78, 5) is 14.7. The molecule has 3 rings (SSSR count). The van der Waals surface area contributed by atoms with E-state index >= 15 is 0 Å². The van der Waals surface area contributed by atoms with Crippen LogP contribution in [-0.4, -0.2) is 30.4 Å². The van der Waals surface area contributed by atoms with Crippen LogP contribution in [0.3, 0.4) is 0 Å². The zero-order valence-corrected chi connectivity index (χ0v) is 13.4. The van der Waals surface area contributed by atoms with Crippen molar-refractivity contribution in [3.8, 4) is 0 Å². The Labute approximate surface area is 127 Å². The molecule has 1 atom stereocenters. The number of hydrogen-bond acceptors (Lipinski definition) is 2. The highest BCUT2D eigenvalue weighted by Gasteiger charge is 2.34. The second kappa shape index (κ2) is 5.45. The molecule has 2 aliphatic rings. The summed E-state index contributed by atoms with van der Waals surface area (Å²) < 4.78 is 0. The monoisotopic (exact) mass is 286 g/mol. The van der Waals surface area contributed by atoms with Gasteiger partial charge < -0.3 is 10.2 Å². The Morgan fingerprint density at radius 3 is 2.81 bits per heavy atom. The molecule has 1 saturated heterocycles. The smallest absolute Gasteiger partial charge is 0.253 e. The lowest BCUT2D eigenvalue weighted by Crippen LogP contribution is -2.31. The maximum Gasteiger partial charge on any atom is 0.253 e. The lowest BCUT2D eigenvalue weighted by atomic mass is 9.80. The summed E-state index contributed by atoms with van der Waals surface area (Å²) in [6.07, 6.45) is 2.20. The van der Waals surface area contributed by atoms with Gasteiger partial charge in [-0.3, -0.25) is 4.79 Å². The summed E-state index contributed by atoms with van der Waals surface area (Å²) in [7, 11) is 0. The molecule has 2 heterocycles. The Morgan fingerprint density at radius 2 is 2.10 bits per heavy atom. The Bertz CT molecular complexity index is 545. The van der Waals surface area contributed by atoms with E-state index in [-0.39, 0.29) is 11.3 Å². The molecule has 1 aromatic carbocycles. The minimum absolute atomic E-state index is 0.204. The number of benzene rings is 1. The van der Waals surface area contributed by atoms with Crippen LogP contribution in [0.15, 0.2) is 18.2 Å². The average molecular weight is 286 g/mol. The van der Waals surface area contributed by atoms with Gasteiger partial charge in [0, 0.05) is 25.2 Å². The Hall–Kier alpha value is -1.35. The third-order valence-electron chi connectivity index (χ3n) is 5.04. The van der Waals surface area contributed by atoms with Crippen molar-refractivity contribution in [2.45, 2.75) is 40.2 Å². The largest absolute Gasteiger partial charge is 0.338 e. The molecule has 1 N–H and O–H groups in total. The molecule has 2 aliphatic heterocycles. The number of fused-ring (bicyclic) bond motifs is 1. The summed E-state index contributed by atoms with van der Waals surface area (Å²) in [5, 5.41) is 3.38. The van der Waals surface area contributed by atoms with Crippen molar-refractivity contribution in [2.75, 3.05) is 19.6 Å². The van der Waals surface area contributed by atoms with Gasteiger partial charge in [0.25, 0.3) is 5.91 Å². The summed E-state index contributed by atoms with van der Waals surface area (Å²) in [6.45, 7) is 10.6. The molecule has 0 aromatic heterocycles. The lowest BCUT2D eigenvalue weighted by molar-refractivity contribution is 0.0776. The molecule has 3 heteroatoms. The van der Waals surface area contributed by atoms with Crippen molar-refractivity contribution in [1.82, 2.24) is 10.2 Å². The first-order chi connectivity index (χ1) is 9.95. The summed E-state index contributed by atoms with van der Waals surface area (Å²) in [5.74, 6) is 0.816. The van der Waals surface area contributed by atoms with Crippen LogP contribution in [0.2, 0.25) is 0 Å². The van der Waals surface area contributed by atoms with Gasteiger partial charge in [0.2, 0.25) is 0 Å². The minimum Gasteiger partial charge on any atom is -0.338 e. The fourth-order valence-corrected chi connectivity index (χ4v) is 3.45. The van der Waals surface area contributed by atoms with E-state index in [9.17, 15) is 4.79 Å². The van der Waals surface area contributed by atoms with Crippen LogP contribution in [0.1, 0.15) is 48.7 Å². The van der Waals surface area contributed by atoms with E-state index in [1.54, 1.807) is 0 Å². The Morgan fingerprint density at radius 1 is 1.29 bits per heavy atom. The van der Waals surface area contributed by atoms with Crippen LogP contribution in [0.5, 0.6) is 0 Å². The van der Waals surface area contributed by atoms with Crippen LogP contribution in [-0.2, 0) is 13.0 Å². The maximum atomic E-state index is 12.7. The number of nitrogens with zero attached hydrogens (tertiary/aromatic N) is 1. The fraction of sp³-hybridized carbons (Fsp3) is 0.611. The van der Waals surface area contributed by atoms with E-state index in [4.69, 9.17) is 0 Å². The van der Waals surface area contributed by atoms with Gasteiger partial charge in [0.1, 0.15) is 0 Å². The number of hydrogen-bond donors (Lipinski definition) is 1. The molecule has 0 spiro atoms. The zero-order chi connectivity index (χ0) is 15.0. The number of nitrogens with one attached hydrogen (secondary N) is 1. The normalized spacial score (nSPS) is 22.2. The molecule has 114 valence electrons. The van der Waals surface area contributed by atoms with Gasteiger partial charge in [-0.1, -0.05) is 26.8 Å². The zero-order valence-electron chi connectivity index (χ0n) is 13.4. The minimum atomic E-state index is 0.204. The van der Waals surface area contributed by atoms with Crippen molar-refractivity contribution in [1.29, 1.82) is 0 Å². The second-order valence-corrected chi connectivity index (χ2v) is 7.51. The number of likely N-dealkylation sites (tertiary alicyclic amines) is 1. The molecule has 0 radical (unpaired) electrons. The van der Waals surface area contributed by atoms with E-state index in [1.165, 1.54) is 11.1 Å².